The highest BCUT2D eigenvalue weighted by Crippen LogP contribution is 2.50. The summed E-state index contributed by atoms with van der Waals surface area (Å²) >= 11 is 0. The molecule has 0 amide bonds. The number of aromatic hydroxyl groups is 3. The fraction of sp³-hybridized carbons (Fsp3) is 0.400. The van der Waals surface area contributed by atoms with Crippen LogP contribution in [0, 0.1) is 11.3 Å². The topological polar surface area (TPSA) is 60.7 Å². The molecule has 0 bridgehead atoms. The lowest BCUT2D eigenvalue weighted by Gasteiger charge is -2.33. The summed E-state index contributed by atoms with van der Waals surface area (Å²) in [6, 6.07) is 7.04. The lowest BCUT2D eigenvalue weighted by Crippen LogP contribution is -2.22. The van der Waals surface area contributed by atoms with E-state index in [4.69, 9.17) is 0 Å². The monoisotopic (exact) mass is 312 g/mol. The zero-order valence-corrected chi connectivity index (χ0v) is 13.9. The van der Waals surface area contributed by atoms with Crippen molar-refractivity contribution in [2.45, 2.75) is 40.0 Å². The molecule has 3 heteroatoms. The molecule has 0 fully saturated rings. The summed E-state index contributed by atoms with van der Waals surface area (Å²) < 4.78 is 0. The van der Waals surface area contributed by atoms with Gasteiger partial charge in [0.2, 0.25) is 0 Å². The average Bonchev–Trinajstić information content (AvgIpc) is 2.53. The summed E-state index contributed by atoms with van der Waals surface area (Å²) in [5.74, 6) is 0.259. The van der Waals surface area contributed by atoms with Gasteiger partial charge in [-0.25, -0.2) is 0 Å². The summed E-state index contributed by atoms with van der Waals surface area (Å²) in [6.45, 7) is 6.73. The fourth-order valence-electron chi connectivity index (χ4n) is 3.54. The Bertz CT molecular complexity index is 782. The number of phenolic OH excluding ortho intramolecular Hbond substituents is 3. The van der Waals surface area contributed by atoms with Gasteiger partial charge in [-0.2, -0.15) is 0 Å². The minimum absolute atomic E-state index is 0.0522. The first kappa shape index (κ1) is 15.7. The van der Waals surface area contributed by atoms with Crippen molar-refractivity contribution in [2.75, 3.05) is 0 Å². The lowest BCUT2D eigenvalue weighted by atomic mass is 9.72. The molecule has 3 rings (SSSR count). The molecule has 23 heavy (non-hydrogen) atoms. The highest BCUT2D eigenvalue weighted by atomic mass is 16.3. The predicted octanol–water partition coefficient (Wildman–Crippen LogP) is 5.19. The van der Waals surface area contributed by atoms with Crippen LogP contribution in [0.5, 0.6) is 17.2 Å². The number of fused-ring (bicyclic) bond motifs is 1. The van der Waals surface area contributed by atoms with E-state index in [1.807, 2.05) is 6.07 Å². The van der Waals surface area contributed by atoms with Crippen LogP contribution in [0.15, 0.2) is 30.3 Å². The Morgan fingerprint density at radius 3 is 2.04 bits per heavy atom. The van der Waals surface area contributed by atoms with E-state index in [1.165, 1.54) is 0 Å². The van der Waals surface area contributed by atoms with Crippen LogP contribution in [0.3, 0.4) is 0 Å². The molecule has 1 aliphatic rings. The number of allylic oxidation sites excluding steroid dienone is 2. The van der Waals surface area contributed by atoms with E-state index in [9.17, 15) is 15.3 Å². The van der Waals surface area contributed by atoms with Crippen molar-refractivity contribution in [3.63, 3.8) is 0 Å². The Morgan fingerprint density at radius 2 is 1.52 bits per heavy atom. The van der Waals surface area contributed by atoms with Gasteiger partial charge in [-0.1, -0.05) is 51.1 Å². The van der Waals surface area contributed by atoms with Gasteiger partial charge in [-0.15, -0.1) is 0 Å². The maximum absolute atomic E-state index is 10.6. The third-order valence-corrected chi connectivity index (χ3v) is 5.09. The molecule has 0 spiro atoms. The maximum atomic E-state index is 10.6. The fourth-order valence-corrected chi connectivity index (χ4v) is 3.54. The standard InChI is InChI=1S/C20H24O3/c1-20(2,3)13-10-8-12(9-11-13)16-17(21)14-6-4-5-7-15(14)18(22)19(16)23/h4-8,13,21-23H,9-11H2,1-3H3/t13-/m0/s1. The van der Waals surface area contributed by atoms with E-state index in [2.05, 4.69) is 26.8 Å². The van der Waals surface area contributed by atoms with Gasteiger partial charge in [-0.05, 0) is 36.2 Å². The van der Waals surface area contributed by atoms with E-state index in [1.54, 1.807) is 18.2 Å². The molecule has 122 valence electrons. The van der Waals surface area contributed by atoms with Crippen LogP contribution in [0.25, 0.3) is 16.3 Å². The van der Waals surface area contributed by atoms with Crippen molar-refractivity contribution in [1.29, 1.82) is 0 Å². The third-order valence-electron chi connectivity index (χ3n) is 5.09. The van der Waals surface area contributed by atoms with Crippen molar-refractivity contribution in [3.8, 4) is 17.2 Å². The molecule has 2 aromatic carbocycles. The largest absolute Gasteiger partial charge is 0.507 e. The van der Waals surface area contributed by atoms with Gasteiger partial charge >= 0.3 is 0 Å². The Hall–Kier alpha value is -2.16. The average molecular weight is 312 g/mol. The zero-order valence-electron chi connectivity index (χ0n) is 13.9. The minimum Gasteiger partial charge on any atom is -0.507 e. The number of rotatable bonds is 1. The molecule has 3 N–H and O–H groups in total. The van der Waals surface area contributed by atoms with Crippen LogP contribution in [-0.2, 0) is 0 Å². The predicted molar refractivity (Wildman–Crippen MR) is 93.7 cm³/mol. The van der Waals surface area contributed by atoms with Crippen molar-refractivity contribution < 1.29 is 15.3 Å². The summed E-state index contributed by atoms with van der Waals surface area (Å²) in [5, 5.41) is 32.3. The summed E-state index contributed by atoms with van der Waals surface area (Å²) in [5.41, 5.74) is 1.55. The van der Waals surface area contributed by atoms with Gasteiger partial charge in [0, 0.05) is 10.8 Å². The van der Waals surface area contributed by atoms with Gasteiger partial charge in [0.05, 0.1) is 5.56 Å². The molecule has 0 heterocycles. The van der Waals surface area contributed by atoms with Crippen LogP contribution in [-0.4, -0.2) is 15.3 Å². The SMILES string of the molecule is CC(C)(C)[C@H]1CC=C(c2c(O)c(O)c3ccccc3c2O)CC1. The van der Waals surface area contributed by atoms with Crippen LogP contribution in [0.2, 0.25) is 0 Å². The molecular formula is C20H24O3. The first-order chi connectivity index (χ1) is 10.8. The summed E-state index contributed by atoms with van der Waals surface area (Å²) in [6.07, 6.45) is 4.83. The molecule has 0 aliphatic heterocycles. The van der Waals surface area contributed by atoms with Crippen molar-refractivity contribution in [2.24, 2.45) is 11.3 Å². The Kier molecular flexibility index (Phi) is 3.75. The highest BCUT2D eigenvalue weighted by Gasteiger charge is 2.29. The maximum Gasteiger partial charge on any atom is 0.169 e. The van der Waals surface area contributed by atoms with Crippen molar-refractivity contribution >= 4 is 16.3 Å². The van der Waals surface area contributed by atoms with Gasteiger partial charge in [0.1, 0.15) is 5.75 Å². The number of hydrogen-bond donors (Lipinski definition) is 3. The Labute approximate surface area is 136 Å². The number of benzene rings is 2. The molecular weight excluding hydrogens is 288 g/mol. The van der Waals surface area contributed by atoms with E-state index in [0.29, 0.717) is 22.3 Å². The first-order valence-electron chi connectivity index (χ1n) is 8.15. The molecule has 2 aromatic rings. The van der Waals surface area contributed by atoms with Gasteiger partial charge in [0.15, 0.2) is 11.5 Å². The molecule has 0 radical (unpaired) electrons. The molecule has 1 aliphatic carbocycles. The minimum atomic E-state index is -0.221. The second-order valence-corrected chi connectivity index (χ2v) is 7.53. The smallest absolute Gasteiger partial charge is 0.169 e. The van der Waals surface area contributed by atoms with E-state index in [0.717, 1.165) is 24.8 Å². The van der Waals surface area contributed by atoms with Gasteiger partial charge < -0.3 is 15.3 Å². The third kappa shape index (κ3) is 2.65. The number of phenols is 3. The van der Waals surface area contributed by atoms with Crippen LogP contribution in [0.4, 0.5) is 0 Å². The number of hydrogen-bond acceptors (Lipinski definition) is 3. The van der Waals surface area contributed by atoms with E-state index < -0.39 is 0 Å². The summed E-state index contributed by atoms with van der Waals surface area (Å²) in [7, 11) is 0. The van der Waals surface area contributed by atoms with Crippen molar-refractivity contribution in [3.05, 3.63) is 35.9 Å². The lowest BCUT2D eigenvalue weighted by molar-refractivity contribution is 0.225. The molecule has 1 atom stereocenters. The first-order valence-corrected chi connectivity index (χ1v) is 8.15. The van der Waals surface area contributed by atoms with Crippen LogP contribution < -0.4 is 0 Å². The highest BCUT2D eigenvalue weighted by molar-refractivity contribution is 6.00. The Morgan fingerprint density at radius 1 is 0.913 bits per heavy atom. The Balaban J connectivity index is 2.09. The molecule has 0 saturated carbocycles. The quantitative estimate of drug-likeness (QED) is 0.502. The second kappa shape index (κ2) is 5.48. The molecule has 0 saturated heterocycles. The normalized spacial score (nSPS) is 18.9. The van der Waals surface area contributed by atoms with Crippen molar-refractivity contribution in [1.82, 2.24) is 0 Å². The molecule has 3 nitrogen and oxygen atoms in total. The van der Waals surface area contributed by atoms with E-state index in [-0.39, 0.29) is 22.7 Å². The molecule has 0 unspecified atom stereocenters. The molecule has 0 aromatic heterocycles. The van der Waals surface area contributed by atoms with Gasteiger partial charge in [-0.3, -0.25) is 0 Å². The second-order valence-electron chi connectivity index (χ2n) is 7.53. The summed E-state index contributed by atoms with van der Waals surface area (Å²) in [4.78, 5) is 0. The van der Waals surface area contributed by atoms with Gasteiger partial charge in [0.25, 0.3) is 0 Å². The van der Waals surface area contributed by atoms with Crippen LogP contribution >= 0.6 is 0 Å². The zero-order chi connectivity index (χ0) is 16.8. The van der Waals surface area contributed by atoms with Crippen LogP contribution in [0.1, 0.15) is 45.6 Å². The van der Waals surface area contributed by atoms with E-state index >= 15 is 0 Å².